The molecule has 0 atom stereocenters. The number of rotatable bonds is 5. The van der Waals surface area contributed by atoms with Crippen LogP contribution in [0.4, 0.5) is 0 Å². The zero-order chi connectivity index (χ0) is 6.24. The molecule has 0 aliphatic heterocycles. The fraction of sp³-hybridized carbons (Fsp3) is 0.750. The Morgan fingerprint density at radius 1 is 0.875 bits per heavy atom. The minimum absolute atomic E-state index is 1.29. The topological polar surface area (TPSA) is 0 Å². The first-order chi connectivity index (χ1) is 3.91. The molecule has 0 N–H and O–H groups in total. The Morgan fingerprint density at radius 3 is 1.50 bits per heavy atom. The molecular weight excluding hydrogens is 96.1 g/mol. The van der Waals surface area contributed by atoms with Gasteiger partial charge < -0.3 is 12.8 Å². The maximum atomic E-state index is 2.23. The molecule has 0 aliphatic carbocycles. The SMILES string of the molecule is C[CH-]CCCC[CH-]C. The first-order valence-electron chi connectivity index (χ1n) is 3.47. The second-order valence-electron chi connectivity index (χ2n) is 2.10. The van der Waals surface area contributed by atoms with Crippen LogP contribution in [0.25, 0.3) is 0 Å². The number of hydrogen-bond acceptors (Lipinski definition) is 0. The Kier molecular flexibility index (Phi) is 7.00. The van der Waals surface area contributed by atoms with Crippen molar-refractivity contribution in [3.05, 3.63) is 12.8 Å². The minimum Gasteiger partial charge on any atom is -0.332 e. The quantitative estimate of drug-likeness (QED) is 0.379. The molecule has 0 spiro atoms. The van der Waals surface area contributed by atoms with Crippen molar-refractivity contribution < 1.29 is 0 Å². The summed E-state index contributed by atoms with van der Waals surface area (Å²) >= 11 is 0. The fourth-order valence-corrected chi connectivity index (χ4v) is 0.697. The third-order valence-corrected chi connectivity index (χ3v) is 1.24. The van der Waals surface area contributed by atoms with E-state index < -0.39 is 0 Å². The molecule has 0 heteroatoms. The molecule has 0 saturated carbocycles. The van der Waals surface area contributed by atoms with Crippen LogP contribution in [0.15, 0.2) is 0 Å². The smallest absolute Gasteiger partial charge is 0.0829 e. The number of hydrogen-bond donors (Lipinski definition) is 0. The Hall–Kier alpha value is 0. The van der Waals surface area contributed by atoms with Gasteiger partial charge in [0.2, 0.25) is 0 Å². The summed E-state index contributed by atoms with van der Waals surface area (Å²) in [6, 6.07) is 0. The van der Waals surface area contributed by atoms with E-state index >= 15 is 0 Å². The van der Waals surface area contributed by atoms with Gasteiger partial charge in [-0.05, 0) is 0 Å². The van der Waals surface area contributed by atoms with Gasteiger partial charge in [0.1, 0.15) is 0 Å². The van der Waals surface area contributed by atoms with Gasteiger partial charge in [0, 0.05) is 0 Å². The molecule has 0 rings (SSSR count). The highest BCUT2D eigenvalue weighted by Crippen LogP contribution is 2.02. The molecule has 0 aromatic carbocycles. The van der Waals surface area contributed by atoms with Crippen molar-refractivity contribution in [3.63, 3.8) is 0 Å². The van der Waals surface area contributed by atoms with E-state index in [4.69, 9.17) is 0 Å². The zero-order valence-electron chi connectivity index (χ0n) is 5.98. The average molecular weight is 112 g/mol. The van der Waals surface area contributed by atoms with Crippen molar-refractivity contribution in [1.82, 2.24) is 0 Å². The summed E-state index contributed by atoms with van der Waals surface area (Å²) in [5.41, 5.74) is 0. The lowest BCUT2D eigenvalue weighted by Gasteiger charge is -2.05. The third-order valence-electron chi connectivity index (χ3n) is 1.24. The first-order valence-corrected chi connectivity index (χ1v) is 3.47. The van der Waals surface area contributed by atoms with Crippen LogP contribution >= 0.6 is 0 Å². The average Bonchev–Trinajstić information content (AvgIpc) is 1.81. The van der Waals surface area contributed by atoms with Crippen LogP contribution < -0.4 is 0 Å². The van der Waals surface area contributed by atoms with Crippen LogP contribution in [0.2, 0.25) is 0 Å². The van der Waals surface area contributed by atoms with E-state index in [0.29, 0.717) is 0 Å². The Labute approximate surface area is 53.3 Å². The minimum atomic E-state index is 1.29. The van der Waals surface area contributed by atoms with Crippen molar-refractivity contribution in [2.75, 3.05) is 0 Å². The lowest BCUT2D eigenvalue weighted by Crippen LogP contribution is -1.75. The predicted octanol–water partition coefficient (Wildman–Crippen LogP) is 3.00. The molecule has 8 heavy (non-hydrogen) atoms. The number of unbranched alkanes of at least 4 members (excludes halogenated alkanes) is 5. The predicted molar refractivity (Wildman–Crippen MR) is 38.4 cm³/mol. The second-order valence-corrected chi connectivity index (χ2v) is 2.10. The van der Waals surface area contributed by atoms with Crippen molar-refractivity contribution in [2.24, 2.45) is 0 Å². The van der Waals surface area contributed by atoms with Gasteiger partial charge in [0.25, 0.3) is 0 Å². The molecule has 0 fully saturated rings. The van der Waals surface area contributed by atoms with Gasteiger partial charge in [-0.2, -0.15) is 26.7 Å². The maximum absolute atomic E-state index is 2.23. The van der Waals surface area contributed by atoms with E-state index in [1.165, 1.54) is 25.7 Å². The van der Waals surface area contributed by atoms with Gasteiger partial charge >= 0.3 is 0 Å². The van der Waals surface area contributed by atoms with Crippen LogP contribution in [-0.2, 0) is 0 Å². The van der Waals surface area contributed by atoms with Gasteiger partial charge in [0.05, 0.1) is 0 Å². The molecule has 0 radical (unpaired) electrons. The highest BCUT2D eigenvalue weighted by atomic mass is 13.9. The molecule has 0 aliphatic rings. The largest absolute Gasteiger partial charge is 0.332 e. The monoisotopic (exact) mass is 112 g/mol. The van der Waals surface area contributed by atoms with Crippen LogP contribution in [0.3, 0.4) is 0 Å². The normalized spacial score (nSPS) is 9.75. The van der Waals surface area contributed by atoms with E-state index in [0.717, 1.165) is 0 Å². The first kappa shape index (κ1) is 8.00. The summed E-state index contributed by atoms with van der Waals surface area (Å²) in [4.78, 5) is 0. The summed E-state index contributed by atoms with van der Waals surface area (Å²) in [5.74, 6) is 0. The molecule has 0 bridgehead atoms. The van der Waals surface area contributed by atoms with Crippen molar-refractivity contribution in [1.29, 1.82) is 0 Å². The van der Waals surface area contributed by atoms with E-state index in [1.54, 1.807) is 0 Å². The van der Waals surface area contributed by atoms with E-state index in [9.17, 15) is 0 Å². The summed E-state index contributed by atoms with van der Waals surface area (Å²) in [6.07, 6.45) is 9.76. The van der Waals surface area contributed by atoms with Crippen molar-refractivity contribution in [2.45, 2.75) is 39.5 Å². The third kappa shape index (κ3) is 6.00. The molecule has 50 valence electrons. The highest BCUT2D eigenvalue weighted by molar-refractivity contribution is 4.59. The molecule has 0 heterocycles. The Balaban J connectivity index is 2.53. The summed E-state index contributed by atoms with van der Waals surface area (Å²) in [6.45, 7) is 4.24. The van der Waals surface area contributed by atoms with E-state index in [1.807, 2.05) is 0 Å². The molecular formula is C8H16-2. The van der Waals surface area contributed by atoms with E-state index in [2.05, 4.69) is 26.7 Å². The molecule has 0 nitrogen and oxygen atoms in total. The summed E-state index contributed by atoms with van der Waals surface area (Å²) < 4.78 is 0. The summed E-state index contributed by atoms with van der Waals surface area (Å²) in [7, 11) is 0. The Bertz CT molecular complexity index is 25.0. The van der Waals surface area contributed by atoms with Crippen molar-refractivity contribution >= 4 is 0 Å². The summed E-state index contributed by atoms with van der Waals surface area (Å²) in [5, 5.41) is 0. The van der Waals surface area contributed by atoms with Crippen LogP contribution in [0, 0.1) is 12.8 Å². The van der Waals surface area contributed by atoms with Crippen molar-refractivity contribution in [3.8, 4) is 0 Å². The van der Waals surface area contributed by atoms with Gasteiger partial charge in [-0.15, -0.1) is 0 Å². The van der Waals surface area contributed by atoms with Crippen LogP contribution in [-0.4, -0.2) is 0 Å². The highest BCUT2D eigenvalue weighted by Gasteiger charge is 1.72. The maximum Gasteiger partial charge on any atom is -0.0829 e. The van der Waals surface area contributed by atoms with Gasteiger partial charge in [-0.25, -0.2) is 0 Å². The Morgan fingerprint density at radius 2 is 1.25 bits per heavy atom. The van der Waals surface area contributed by atoms with Crippen LogP contribution in [0.1, 0.15) is 39.5 Å². The van der Waals surface area contributed by atoms with Gasteiger partial charge in [-0.1, -0.05) is 12.8 Å². The molecule has 0 unspecified atom stereocenters. The standard InChI is InChI=1S/C8H16/c1-3-5-7-8-6-4-2/h3-4H,5-8H2,1-2H3/q-2. The lowest BCUT2D eigenvalue weighted by atomic mass is 10.1. The zero-order valence-corrected chi connectivity index (χ0v) is 5.98. The molecule has 0 aromatic heterocycles. The van der Waals surface area contributed by atoms with Crippen LogP contribution in [0.5, 0.6) is 0 Å². The molecule has 0 amide bonds. The lowest BCUT2D eigenvalue weighted by molar-refractivity contribution is 0.720. The van der Waals surface area contributed by atoms with Gasteiger partial charge in [-0.3, -0.25) is 0 Å². The van der Waals surface area contributed by atoms with Gasteiger partial charge in [0.15, 0.2) is 0 Å². The molecule has 0 saturated heterocycles. The molecule has 0 aromatic rings. The van der Waals surface area contributed by atoms with E-state index in [-0.39, 0.29) is 0 Å². The fourth-order valence-electron chi connectivity index (χ4n) is 0.697. The second kappa shape index (κ2) is 7.00.